The molecule has 0 radical (unpaired) electrons. The van der Waals surface area contributed by atoms with Gasteiger partial charge in [-0.3, -0.25) is 9.59 Å². The van der Waals surface area contributed by atoms with Crippen LogP contribution in [-0.4, -0.2) is 50.2 Å². The van der Waals surface area contributed by atoms with Gasteiger partial charge in [-0.15, -0.1) is 0 Å². The smallest absolute Gasteiger partial charge is 0.243 e. The van der Waals surface area contributed by atoms with Gasteiger partial charge in [0.05, 0.1) is 4.90 Å². The van der Waals surface area contributed by atoms with Crippen molar-refractivity contribution < 1.29 is 18.0 Å². The summed E-state index contributed by atoms with van der Waals surface area (Å²) in [6.45, 7) is 4.77. The first kappa shape index (κ1) is 24.5. The second-order valence-electron chi connectivity index (χ2n) is 8.87. The lowest BCUT2D eigenvalue weighted by molar-refractivity contribution is -0.131. The van der Waals surface area contributed by atoms with Crippen molar-refractivity contribution in [3.63, 3.8) is 0 Å². The van der Waals surface area contributed by atoms with Crippen LogP contribution >= 0.6 is 0 Å². The van der Waals surface area contributed by atoms with Gasteiger partial charge in [0, 0.05) is 25.6 Å². The zero-order valence-corrected chi connectivity index (χ0v) is 19.9. The highest BCUT2D eigenvalue weighted by Crippen LogP contribution is 2.24. The summed E-state index contributed by atoms with van der Waals surface area (Å²) in [6, 6.07) is 6.19. The fourth-order valence-corrected chi connectivity index (χ4v) is 5.72. The van der Waals surface area contributed by atoms with E-state index in [4.69, 9.17) is 0 Å². The second kappa shape index (κ2) is 11.1. The highest BCUT2D eigenvalue weighted by atomic mass is 32.2. The molecule has 0 aromatic heterocycles. The van der Waals surface area contributed by atoms with Crippen LogP contribution in [0.15, 0.2) is 40.8 Å². The van der Waals surface area contributed by atoms with Gasteiger partial charge >= 0.3 is 0 Å². The molecule has 1 aromatic rings. The van der Waals surface area contributed by atoms with E-state index in [9.17, 15) is 18.0 Å². The summed E-state index contributed by atoms with van der Waals surface area (Å²) >= 11 is 0. The summed E-state index contributed by atoms with van der Waals surface area (Å²) < 4.78 is 27.1. The predicted octanol–water partition coefficient (Wildman–Crippen LogP) is 2.91. The van der Waals surface area contributed by atoms with E-state index >= 15 is 0 Å². The topological polar surface area (TPSA) is 95.6 Å². The molecular weight excluding hydrogens is 426 g/mol. The number of allylic oxidation sites excluding steroid dienone is 1. The highest BCUT2D eigenvalue weighted by Gasteiger charge is 2.32. The Labute approximate surface area is 191 Å². The standard InChI is InChI=1S/C24H35N3O4S/c1-18-8-10-22(11-9-18)32(30,31)27-16-13-21(14-17-27)24(29)26-19(2)23(28)25-15-12-20-6-4-3-5-7-20/h6,8-11,19,21H,3-5,7,12-17H2,1-2H3,(H,25,28)(H,26,29). The van der Waals surface area contributed by atoms with Crippen molar-refractivity contribution in [1.82, 2.24) is 14.9 Å². The van der Waals surface area contributed by atoms with Crippen molar-refractivity contribution in [3.8, 4) is 0 Å². The van der Waals surface area contributed by atoms with Gasteiger partial charge < -0.3 is 10.6 Å². The quantitative estimate of drug-likeness (QED) is 0.582. The van der Waals surface area contributed by atoms with E-state index < -0.39 is 16.1 Å². The first-order valence-corrected chi connectivity index (χ1v) is 13.0. The third-order valence-electron chi connectivity index (χ3n) is 6.37. The van der Waals surface area contributed by atoms with E-state index in [2.05, 4.69) is 16.7 Å². The Hall–Kier alpha value is -2.19. The monoisotopic (exact) mass is 461 g/mol. The summed E-state index contributed by atoms with van der Waals surface area (Å²) in [6.07, 6.45) is 8.72. The van der Waals surface area contributed by atoms with Crippen LogP contribution in [-0.2, 0) is 19.6 Å². The zero-order chi connectivity index (χ0) is 23.1. The number of piperidine rings is 1. The molecule has 7 nitrogen and oxygen atoms in total. The van der Waals surface area contributed by atoms with E-state index in [0.29, 0.717) is 32.5 Å². The van der Waals surface area contributed by atoms with Gasteiger partial charge in [0.1, 0.15) is 6.04 Å². The number of aryl methyl sites for hydroxylation is 1. The third-order valence-corrected chi connectivity index (χ3v) is 8.28. The van der Waals surface area contributed by atoms with Crippen LogP contribution in [0.5, 0.6) is 0 Å². The van der Waals surface area contributed by atoms with Crippen molar-refractivity contribution in [1.29, 1.82) is 0 Å². The van der Waals surface area contributed by atoms with Gasteiger partial charge in [0.2, 0.25) is 21.8 Å². The largest absolute Gasteiger partial charge is 0.354 e. The molecule has 3 rings (SSSR count). The van der Waals surface area contributed by atoms with E-state index in [-0.39, 0.29) is 22.6 Å². The summed E-state index contributed by atoms with van der Waals surface area (Å²) in [5.41, 5.74) is 2.41. The first-order valence-electron chi connectivity index (χ1n) is 11.6. The maximum Gasteiger partial charge on any atom is 0.243 e. The third kappa shape index (κ3) is 6.42. The molecule has 1 aromatic carbocycles. The van der Waals surface area contributed by atoms with Crippen molar-refractivity contribution in [2.75, 3.05) is 19.6 Å². The molecule has 0 spiro atoms. The van der Waals surface area contributed by atoms with Gasteiger partial charge in [-0.25, -0.2) is 8.42 Å². The fraction of sp³-hybridized carbons (Fsp3) is 0.583. The van der Waals surface area contributed by atoms with Crippen molar-refractivity contribution >= 4 is 21.8 Å². The molecule has 8 heteroatoms. The van der Waals surface area contributed by atoms with Gasteiger partial charge in [0.15, 0.2) is 0 Å². The van der Waals surface area contributed by atoms with Gasteiger partial charge in [-0.1, -0.05) is 29.3 Å². The molecule has 1 unspecified atom stereocenters. The van der Waals surface area contributed by atoms with Crippen LogP contribution < -0.4 is 10.6 Å². The molecule has 1 saturated heterocycles. The number of carbonyl (C=O) groups is 2. The summed E-state index contributed by atoms with van der Waals surface area (Å²) in [5, 5.41) is 5.70. The molecule has 1 aliphatic carbocycles. The molecule has 0 bridgehead atoms. The second-order valence-corrected chi connectivity index (χ2v) is 10.8. The maximum absolute atomic E-state index is 12.8. The SMILES string of the molecule is Cc1ccc(S(=O)(=O)N2CCC(C(=O)NC(C)C(=O)NCCC3=CCCCC3)CC2)cc1. The van der Waals surface area contributed by atoms with Crippen LogP contribution in [0.4, 0.5) is 0 Å². The number of nitrogens with zero attached hydrogens (tertiary/aromatic N) is 1. The molecule has 32 heavy (non-hydrogen) atoms. The number of sulfonamides is 1. The normalized spacial score (nSPS) is 19.1. The molecule has 2 N–H and O–H groups in total. The highest BCUT2D eigenvalue weighted by molar-refractivity contribution is 7.89. The molecular formula is C24H35N3O4S. The average Bonchev–Trinajstić information content (AvgIpc) is 2.80. The number of amides is 2. The zero-order valence-electron chi connectivity index (χ0n) is 19.1. The Bertz CT molecular complexity index is 932. The van der Waals surface area contributed by atoms with Crippen LogP contribution in [0.3, 0.4) is 0 Å². The molecule has 2 amide bonds. The van der Waals surface area contributed by atoms with Crippen LogP contribution in [0.25, 0.3) is 0 Å². The molecule has 176 valence electrons. The lowest BCUT2D eigenvalue weighted by Gasteiger charge is -2.31. The lowest BCUT2D eigenvalue weighted by atomic mass is 9.97. The van der Waals surface area contributed by atoms with Gasteiger partial charge in [-0.05, 0) is 70.9 Å². The number of hydrogen-bond donors (Lipinski definition) is 2. The lowest BCUT2D eigenvalue weighted by Crippen LogP contribution is -2.49. The first-order chi connectivity index (χ1) is 15.3. The number of hydrogen-bond acceptors (Lipinski definition) is 4. The van der Waals surface area contributed by atoms with Crippen LogP contribution in [0.2, 0.25) is 0 Å². The molecule has 1 fully saturated rings. The molecule has 1 heterocycles. The Kier molecular flexibility index (Phi) is 8.48. The molecule has 0 saturated carbocycles. The Morgan fingerprint density at radius 2 is 1.81 bits per heavy atom. The number of benzene rings is 1. The average molecular weight is 462 g/mol. The minimum atomic E-state index is -3.55. The molecule has 1 atom stereocenters. The Balaban J connectivity index is 1.42. The van der Waals surface area contributed by atoms with Crippen molar-refractivity contribution in [3.05, 3.63) is 41.5 Å². The maximum atomic E-state index is 12.8. The number of carbonyl (C=O) groups excluding carboxylic acids is 2. The van der Waals surface area contributed by atoms with Crippen LogP contribution in [0, 0.1) is 12.8 Å². The van der Waals surface area contributed by atoms with Crippen LogP contribution in [0.1, 0.15) is 57.4 Å². The molecule has 1 aliphatic heterocycles. The number of nitrogens with one attached hydrogen (secondary N) is 2. The summed E-state index contributed by atoms with van der Waals surface area (Å²) in [4.78, 5) is 25.2. The molecule has 2 aliphatic rings. The Morgan fingerprint density at radius 3 is 2.44 bits per heavy atom. The predicted molar refractivity (Wildman–Crippen MR) is 124 cm³/mol. The van der Waals surface area contributed by atoms with Gasteiger partial charge in [0.25, 0.3) is 0 Å². The van der Waals surface area contributed by atoms with Gasteiger partial charge in [-0.2, -0.15) is 4.31 Å². The van der Waals surface area contributed by atoms with E-state index in [1.165, 1.54) is 22.7 Å². The van der Waals surface area contributed by atoms with Crippen molar-refractivity contribution in [2.24, 2.45) is 5.92 Å². The number of rotatable bonds is 8. The summed E-state index contributed by atoms with van der Waals surface area (Å²) in [5.74, 6) is -0.661. The van der Waals surface area contributed by atoms with Crippen molar-refractivity contribution in [2.45, 2.75) is 69.7 Å². The fourth-order valence-electron chi connectivity index (χ4n) is 4.25. The van der Waals surface area contributed by atoms with E-state index in [0.717, 1.165) is 24.8 Å². The Morgan fingerprint density at radius 1 is 1.12 bits per heavy atom. The van der Waals surface area contributed by atoms with E-state index in [1.54, 1.807) is 31.2 Å². The van der Waals surface area contributed by atoms with E-state index in [1.807, 2.05) is 6.92 Å². The minimum absolute atomic E-state index is 0.185. The minimum Gasteiger partial charge on any atom is -0.354 e. The summed E-state index contributed by atoms with van der Waals surface area (Å²) in [7, 11) is -3.55.